The van der Waals surface area contributed by atoms with Gasteiger partial charge < -0.3 is 0 Å². The van der Waals surface area contributed by atoms with Crippen molar-refractivity contribution in [2.24, 2.45) is 23.7 Å². The molecule has 2 saturated carbocycles. The van der Waals surface area contributed by atoms with E-state index >= 15 is 0 Å². The van der Waals surface area contributed by atoms with Gasteiger partial charge in [0.1, 0.15) is 0 Å². The zero-order valence-electron chi connectivity index (χ0n) is 9.86. The van der Waals surface area contributed by atoms with Crippen molar-refractivity contribution in [3.63, 3.8) is 0 Å². The molecule has 0 N–H and O–H groups in total. The maximum absolute atomic E-state index is 12.7. The number of benzene rings is 1. The minimum atomic E-state index is -0.0255. The topological polar surface area (TPSA) is 34.1 Å². The van der Waals surface area contributed by atoms with Gasteiger partial charge >= 0.3 is 0 Å². The number of hydrogen-bond donors (Lipinski definition) is 0. The summed E-state index contributed by atoms with van der Waals surface area (Å²) in [5, 5.41) is 0. The van der Waals surface area contributed by atoms with Crippen molar-refractivity contribution in [1.29, 1.82) is 0 Å². The van der Waals surface area contributed by atoms with E-state index < -0.39 is 0 Å². The van der Waals surface area contributed by atoms with Gasteiger partial charge in [0.15, 0.2) is 11.6 Å². The van der Waals surface area contributed by atoms with Crippen LogP contribution in [0.4, 0.5) is 0 Å². The number of carbonyl (C=O) groups is 2. The molecule has 0 spiro atoms. The third-order valence-electron chi connectivity index (χ3n) is 5.05. The van der Waals surface area contributed by atoms with Gasteiger partial charge in [-0.1, -0.05) is 28.1 Å². The summed E-state index contributed by atoms with van der Waals surface area (Å²) in [5.74, 6) is 1.29. The normalized spacial score (nSPS) is 36.7. The predicted octanol–water partition coefficient (Wildman–Crippen LogP) is 3.49. The van der Waals surface area contributed by atoms with E-state index in [2.05, 4.69) is 15.9 Å². The van der Waals surface area contributed by atoms with Gasteiger partial charge in [0.25, 0.3) is 0 Å². The Balaban J connectivity index is 1.94. The second-order valence-electron chi connectivity index (χ2n) is 5.78. The largest absolute Gasteiger partial charge is 0.294 e. The van der Waals surface area contributed by atoms with E-state index in [1.807, 2.05) is 18.2 Å². The van der Waals surface area contributed by atoms with Gasteiger partial charge in [0, 0.05) is 27.4 Å². The molecule has 1 aromatic carbocycles. The van der Waals surface area contributed by atoms with E-state index in [1.54, 1.807) is 0 Å². The molecule has 18 heavy (non-hydrogen) atoms. The molecule has 0 aromatic heterocycles. The minimum Gasteiger partial charge on any atom is -0.294 e. The van der Waals surface area contributed by atoms with Gasteiger partial charge in [-0.25, -0.2) is 0 Å². The molecular weight excluding hydrogens is 292 g/mol. The number of hydrogen-bond acceptors (Lipinski definition) is 2. The smallest absolute Gasteiger partial charge is 0.168 e. The Kier molecular flexibility index (Phi) is 2.14. The average Bonchev–Trinajstić information content (AvgIpc) is 2.96. The lowest BCUT2D eigenvalue weighted by molar-refractivity contribution is 0.0660. The van der Waals surface area contributed by atoms with Crippen LogP contribution in [0.25, 0.3) is 0 Å². The SMILES string of the molecule is O=C1c2cccc(Br)c2C(=O)C2C3CCC(C3)C12. The van der Waals surface area contributed by atoms with Crippen molar-refractivity contribution in [2.75, 3.05) is 0 Å². The number of rotatable bonds is 0. The van der Waals surface area contributed by atoms with Crippen molar-refractivity contribution < 1.29 is 9.59 Å². The highest BCUT2D eigenvalue weighted by molar-refractivity contribution is 9.10. The maximum atomic E-state index is 12.7. The molecule has 4 unspecified atom stereocenters. The van der Waals surface area contributed by atoms with Crippen LogP contribution in [-0.4, -0.2) is 11.6 Å². The van der Waals surface area contributed by atoms with Crippen molar-refractivity contribution in [3.05, 3.63) is 33.8 Å². The third kappa shape index (κ3) is 1.18. The van der Waals surface area contributed by atoms with E-state index in [1.165, 1.54) is 0 Å². The fourth-order valence-electron chi connectivity index (χ4n) is 4.37. The molecule has 0 aliphatic heterocycles. The second kappa shape index (κ2) is 3.53. The summed E-state index contributed by atoms with van der Waals surface area (Å²) >= 11 is 3.43. The molecule has 92 valence electrons. The zero-order chi connectivity index (χ0) is 12.4. The number of carbonyl (C=O) groups excluding carboxylic acids is 2. The van der Waals surface area contributed by atoms with Gasteiger partial charge in [-0.15, -0.1) is 0 Å². The molecule has 0 heterocycles. The first-order valence-electron chi connectivity index (χ1n) is 6.55. The Bertz CT molecular complexity index is 578. The van der Waals surface area contributed by atoms with Crippen LogP contribution >= 0.6 is 15.9 Å². The molecule has 3 heteroatoms. The lowest BCUT2D eigenvalue weighted by Crippen LogP contribution is -2.40. The summed E-state index contributed by atoms with van der Waals surface area (Å²) < 4.78 is 0.777. The van der Waals surface area contributed by atoms with Gasteiger partial charge in [-0.3, -0.25) is 9.59 Å². The molecule has 4 rings (SSSR count). The number of halogens is 1. The summed E-state index contributed by atoms with van der Waals surface area (Å²) in [4.78, 5) is 25.3. The fourth-order valence-corrected chi connectivity index (χ4v) is 4.93. The Morgan fingerprint density at radius 3 is 2.39 bits per heavy atom. The molecule has 3 aliphatic carbocycles. The first-order chi connectivity index (χ1) is 8.68. The third-order valence-corrected chi connectivity index (χ3v) is 5.71. The zero-order valence-corrected chi connectivity index (χ0v) is 11.4. The van der Waals surface area contributed by atoms with Crippen molar-refractivity contribution in [1.82, 2.24) is 0 Å². The van der Waals surface area contributed by atoms with E-state index in [0.717, 1.165) is 23.7 Å². The molecular formula is C15H13BrO2. The Morgan fingerprint density at radius 1 is 1.00 bits per heavy atom. The summed E-state index contributed by atoms with van der Waals surface area (Å²) in [5.41, 5.74) is 1.28. The van der Waals surface area contributed by atoms with E-state index in [9.17, 15) is 9.59 Å². The monoisotopic (exact) mass is 304 g/mol. The van der Waals surface area contributed by atoms with Crippen LogP contribution in [0.3, 0.4) is 0 Å². The standard InChI is InChI=1S/C15H13BrO2/c16-10-3-1-2-9-13(10)15(18)12-8-5-4-7(6-8)11(12)14(9)17/h1-3,7-8,11-12H,4-6H2. The predicted molar refractivity (Wildman–Crippen MR) is 70.6 cm³/mol. The summed E-state index contributed by atoms with van der Waals surface area (Å²) in [6, 6.07) is 5.52. The van der Waals surface area contributed by atoms with Crippen LogP contribution < -0.4 is 0 Å². The van der Waals surface area contributed by atoms with Gasteiger partial charge in [0.05, 0.1) is 0 Å². The van der Waals surface area contributed by atoms with Crippen LogP contribution in [-0.2, 0) is 0 Å². The number of ketones is 2. The Labute approximate surface area is 114 Å². The molecule has 1 aromatic rings. The van der Waals surface area contributed by atoms with Gasteiger partial charge in [0.2, 0.25) is 0 Å². The first kappa shape index (κ1) is 10.9. The Hall–Kier alpha value is -0.960. The lowest BCUT2D eigenvalue weighted by atomic mass is 9.67. The van der Waals surface area contributed by atoms with Crippen LogP contribution in [0.5, 0.6) is 0 Å². The summed E-state index contributed by atoms with van der Waals surface area (Å²) in [6.45, 7) is 0. The molecule has 2 bridgehead atoms. The second-order valence-corrected chi connectivity index (χ2v) is 6.63. The molecule has 4 atom stereocenters. The van der Waals surface area contributed by atoms with Crippen LogP contribution in [0.2, 0.25) is 0 Å². The average molecular weight is 305 g/mol. The van der Waals surface area contributed by atoms with Crippen molar-refractivity contribution in [3.8, 4) is 0 Å². The van der Waals surface area contributed by atoms with Gasteiger partial charge in [-0.2, -0.15) is 0 Å². The molecule has 0 amide bonds. The van der Waals surface area contributed by atoms with E-state index in [0.29, 0.717) is 23.0 Å². The molecule has 0 saturated heterocycles. The van der Waals surface area contributed by atoms with Crippen molar-refractivity contribution in [2.45, 2.75) is 19.3 Å². The summed E-state index contributed by atoms with van der Waals surface area (Å²) in [7, 11) is 0. The summed E-state index contributed by atoms with van der Waals surface area (Å²) in [6.07, 6.45) is 3.34. The van der Waals surface area contributed by atoms with E-state index in [4.69, 9.17) is 0 Å². The minimum absolute atomic E-state index is 0.0157. The van der Waals surface area contributed by atoms with Gasteiger partial charge in [-0.05, 0) is 37.2 Å². The van der Waals surface area contributed by atoms with Crippen LogP contribution in [0, 0.1) is 23.7 Å². The molecule has 3 aliphatic rings. The fraction of sp³-hybridized carbons (Fsp3) is 0.467. The molecule has 2 fully saturated rings. The quantitative estimate of drug-likeness (QED) is 0.735. The van der Waals surface area contributed by atoms with Crippen LogP contribution in [0.15, 0.2) is 22.7 Å². The highest BCUT2D eigenvalue weighted by atomic mass is 79.9. The van der Waals surface area contributed by atoms with Crippen LogP contribution in [0.1, 0.15) is 40.0 Å². The lowest BCUT2D eigenvalue weighted by Gasteiger charge is -2.34. The molecule has 2 nitrogen and oxygen atoms in total. The highest BCUT2D eigenvalue weighted by Gasteiger charge is 2.56. The maximum Gasteiger partial charge on any atom is 0.168 e. The van der Waals surface area contributed by atoms with E-state index in [-0.39, 0.29) is 23.4 Å². The first-order valence-corrected chi connectivity index (χ1v) is 7.34. The highest BCUT2D eigenvalue weighted by Crippen LogP contribution is 2.56. The van der Waals surface area contributed by atoms with Crippen molar-refractivity contribution >= 4 is 27.5 Å². The Morgan fingerprint density at radius 2 is 1.67 bits per heavy atom. The number of fused-ring (bicyclic) bond motifs is 6. The molecule has 0 radical (unpaired) electrons. The number of Topliss-reactive ketones (excluding diaryl/α,β-unsaturated/α-hetero) is 2.